The van der Waals surface area contributed by atoms with Crippen molar-refractivity contribution in [2.45, 2.75) is 71.6 Å². The van der Waals surface area contributed by atoms with Gasteiger partial charge in [-0.05, 0) is 78.6 Å². The quantitative estimate of drug-likeness (QED) is 0.227. The summed E-state index contributed by atoms with van der Waals surface area (Å²) in [4.78, 5) is 41.0. The molecule has 0 spiro atoms. The summed E-state index contributed by atoms with van der Waals surface area (Å²) in [6.07, 6.45) is 2.36. The molecule has 16 heteroatoms. The summed E-state index contributed by atoms with van der Waals surface area (Å²) in [5.41, 5.74) is 1.30. The maximum absolute atomic E-state index is 12.8. The number of nitrogens with zero attached hydrogens (tertiary/aromatic N) is 9. The van der Waals surface area contributed by atoms with E-state index in [4.69, 9.17) is 29.0 Å². The van der Waals surface area contributed by atoms with Crippen LogP contribution in [-0.2, 0) is 14.2 Å². The van der Waals surface area contributed by atoms with Crippen LogP contribution in [0.15, 0.2) is 42.6 Å². The zero-order valence-corrected chi connectivity index (χ0v) is 31.0. The van der Waals surface area contributed by atoms with Crippen molar-refractivity contribution in [3.8, 4) is 17.0 Å². The average Bonchev–Trinajstić information content (AvgIpc) is 3.46. The number of methoxy groups -OCH3 is 1. The highest BCUT2D eigenvalue weighted by Crippen LogP contribution is 2.35. The van der Waals surface area contributed by atoms with Crippen molar-refractivity contribution >= 4 is 40.8 Å². The van der Waals surface area contributed by atoms with Crippen molar-refractivity contribution in [3.63, 3.8) is 0 Å². The minimum absolute atomic E-state index is 0.00548. The Bertz CT molecular complexity index is 1870. The SMILES string of the molecule is COCOc1ccccc1-c1cc2c(nn1)c(NC(=O)OC(C)(C)C)nn2C1CCN(c2nccc(N3CCN(C(=O)OC(C)(C)C)CC3)n2)CC1. The maximum atomic E-state index is 12.8. The van der Waals surface area contributed by atoms with Gasteiger partial charge in [-0.1, -0.05) is 12.1 Å². The largest absolute Gasteiger partial charge is 0.467 e. The Morgan fingerprint density at radius 2 is 1.60 bits per heavy atom. The minimum Gasteiger partial charge on any atom is -0.467 e. The predicted molar refractivity (Wildman–Crippen MR) is 196 cm³/mol. The summed E-state index contributed by atoms with van der Waals surface area (Å²) >= 11 is 0. The molecular formula is C36H48N10O6. The van der Waals surface area contributed by atoms with E-state index >= 15 is 0 Å². The first-order chi connectivity index (χ1) is 24.8. The lowest BCUT2D eigenvalue weighted by molar-refractivity contribution is 0.0240. The number of para-hydroxylation sites is 1. The maximum Gasteiger partial charge on any atom is 0.413 e. The number of amides is 2. The summed E-state index contributed by atoms with van der Waals surface area (Å²) in [5.74, 6) is 2.37. The summed E-state index contributed by atoms with van der Waals surface area (Å²) in [5, 5.41) is 16.7. The van der Waals surface area contributed by atoms with Crippen LogP contribution >= 0.6 is 0 Å². The van der Waals surface area contributed by atoms with Crippen LogP contribution in [0.5, 0.6) is 5.75 Å². The lowest BCUT2D eigenvalue weighted by Gasteiger charge is -2.36. The number of rotatable bonds is 8. The molecule has 1 N–H and O–H groups in total. The number of benzene rings is 1. The first kappa shape index (κ1) is 36.5. The van der Waals surface area contributed by atoms with Crippen molar-refractivity contribution in [1.82, 2.24) is 34.8 Å². The average molecular weight is 717 g/mol. The fourth-order valence-corrected chi connectivity index (χ4v) is 6.18. The van der Waals surface area contributed by atoms with Crippen molar-refractivity contribution in [3.05, 3.63) is 42.6 Å². The van der Waals surface area contributed by atoms with E-state index in [9.17, 15) is 9.59 Å². The van der Waals surface area contributed by atoms with Crippen LogP contribution in [0.1, 0.15) is 60.4 Å². The van der Waals surface area contributed by atoms with Gasteiger partial charge in [-0.3, -0.25) is 10.00 Å². The molecule has 2 fully saturated rings. The van der Waals surface area contributed by atoms with E-state index in [0.29, 0.717) is 62.2 Å². The van der Waals surface area contributed by atoms with Gasteiger partial charge in [-0.15, -0.1) is 10.2 Å². The van der Waals surface area contributed by atoms with E-state index in [1.54, 1.807) is 39.0 Å². The molecule has 4 aromatic rings. The molecule has 0 saturated carbocycles. The van der Waals surface area contributed by atoms with Crippen LogP contribution < -0.4 is 19.9 Å². The number of hydrogen-bond acceptors (Lipinski definition) is 13. The Balaban J connectivity index is 1.19. The van der Waals surface area contributed by atoms with E-state index in [1.165, 1.54) is 0 Å². The van der Waals surface area contributed by atoms with Crippen LogP contribution in [0.25, 0.3) is 22.3 Å². The monoisotopic (exact) mass is 716 g/mol. The second-order valence-electron chi connectivity index (χ2n) is 14.8. The standard InChI is InChI=1S/C36H48N10O6/c1-35(2,3)51-33(47)39-31-30-27(22-26(40-41-30)25-10-8-9-11-28(25)50-23-49-7)46(42-31)24-13-16-44(17-14-24)32-37-15-12-29(38-32)43-18-20-45(21-19-43)34(48)52-36(4,5)6/h8-12,15,22,24H,13-14,16-21,23H2,1-7H3,(H,39,42,47). The normalized spacial score (nSPS) is 15.9. The van der Waals surface area contributed by atoms with Gasteiger partial charge in [0.25, 0.3) is 0 Å². The fraction of sp³-hybridized carbons (Fsp3) is 0.528. The Labute approximate surface area is 303 Å². The number of aromatic nitrogens is 6. The number of piperazine rings is 1. The van der Waals surface area contributed by atoms with Gasteiger partial charge in [-0.2, -0.15) is 10.1 Å². The molecule has 5 heterocycles. The highest BCUT2D eigenvalue weighted by atomic mass is 16.7. The van der Waals surface area contributed by atoms with E-state index in [-0.39, 0.29) is 24.7 Å². The number of hydrogen-bond donors (Lipinski definition) is 1. The molecule has 2 aliphatic rings. The third kappa shape index (κ3) is 8.78. The molecule has 1 aromatic carbocycles. The van der Waals surface area contributed by atoms with Crippen molar-refractivity contribution in [1.29, 1.82) is 0 Å². The highest BCUT2D eigenvalue weighted by Gasteiger charge is 2.30. The van der Waals surface area contributed by atoms with Crippen LogP contribution in [0.4, 0.5) is 27.2 Å². The molecule has 2 saturated heterocycles. The van der Waals surface area contributed by atoms with Gasteiger partial charge in [-0.25, -0.2) is 14.6 Å². The van der Waals surface area contributed by atoms with E-state index in [2.05, 4.69) is 30.3 Å². The number of ether oxygens (including phenoxy) is 4. The third-order valence-electron chi connectivity index (χ3n) is 8.54. The smallest absolute Gasteiger partial charge is 0.413 e. The zero-order chi connectivity index (χ0) is 37.0. The third-order valence-corrected chi connectivity index (χ3v) is 8.54. The van der Waals surface area contributed by atoms with E-state index in [1.807, 2.05) is 61.9 Å². The van der Waals surface area contributed by atoms with Gasteiger partial charge in [0.1, 0.15) is 22.8 Å². The zero-order valence-electron chi connectivity index (χ0n) is 31.0. The van der Waals surface area contributed by atoms with Crippen LogP contribution in [0, 0.1) is 0 Å². The topological polar surface area (TPSA) is 162 Å². The molecular weight excluding hydrogens is 668 g/mol. The summed E-state index contributed by atoms with van der Waals surface area (Å²) < 4.78 is 23.9. The summed E-state index contributed by atoms with van der Waals surface area (Å²) in [6.45, 7) is 14.9. The molecule has 52 heavy (non-hydrogen) atoms. The van der Waals surface area contributed by atoms with Crippen LogP contribution in [-0.4, -0.2) is 111 Å². The van der Waals surface area contributed by atoms with Gasteiger partial charge in [0.05, 0.1) is 17.3 Å². The van der Waals surface area contributed by atoms with Gasteiger partial charge in [0.15, 0.2) is 18.1 Å². The molecule has 2 amide bonds. The number of piperidine rings is 1. The van der Waals surface area contributed by atoms with Crippen molar-refractivity contribution in [2.24, 2.45) is 0 Å². The summed E-state index contributed by atoms with van der Waals surface area (Å²) in [7, 11) is 1.57. The molecule has 0 bridgehead atoms. The van der Waals surface area contributed by atoms with E-state index in [0.717, 1.165) is 29.7 Å². The summed E-state index contributed by atoms with van der Waals surface area (Å²) in [6, 6.07) is 11.4. The molecule has 2 aliphatic heterocycles. The van der Waals surface area contributed by atoms with Gasteiger partial charge in [0, 0.05) is 58.1 Å². The first-order valence-corrected chi connectivity index (χ1v) is 17.6. The Morgan fingerprint density at radius 1 is 0.885 bits per heavy atom. The number of carbonyl (C=O) groups is 2. The Kier molecular flexibility index (Phi) is 10.6. The Hall–Kier alpha value is -5.25. The molecule has 3 aromatic heterocycles. The fourth-order valence-electron chi connectivity index (χ4n) is 6.18. The lowest BCUT2D eigenvalue weighted by atomic mass is 10.1. The van der Waals surface area contributed by atoms with Gasteiger partial charge < -0.3 is 33.6 Å². The second kappa shape index (κ2) is 15.2. The van der Waals surface area contributed by atoms with Crippen LogP contribution in [0.2, 0.25) is 0 Å². The number of nitrogens with one attached hydrogen (secondary N) is 1. The molecule has 0 unspecified atom stereocenters. The minimum atomic E-state index is -0.687. The molecule has 16 nitrogen and oxygen atoms in total. The number of carbonyl (C=O) groups excluding carboxylic acids is 2. The van der Waals surface area contributed by atoms with Crippen molar-refractivity contribution < 1.29 is 28.5 Å². The first-order valence-electron chi connectivity index (χ1n) is 17.6. The second-order valence-corrected chi connectivity index (χ2v) is 14.8. The number of anilines is 3. The van der Waals surface area contributed by atoms with Gasteiger partial charge >= 0.3 is 12.2 Å². The molecule has 6 rings (SSSR count). The lowest BCUT2D eigenvalue weighted by Crippen LogP contribution is -2.50. The van der Waals surface area contributed by atoms with Gasteiger partial charge in [0.2, 0.25) is 5.95 Å². The molecule has 0 atom stereocenters. The predicted octanol–water partition coefficient (Wildman–Crippen LogP) is 5.51. The molecule has 0 radical (unpaired) electrons. The van der Waals surface area contributed by atoms with E-state index < -0.39 is 17.3 Å². The van der Waals surface area contributed by atoms with Crippen LogP contribution in [0.3, 0.4) is 0 Å². The number of fused-ring (bicyclic) bond motifs is 1. The molecule has 278 valence electrons. The highest BCUT2D eigenvalue weighted by molar-refractivity contribution is 5.96. The van der Waals surface area contributed by atoms with Crippen molar-refractivity contribution in [2.75, 3.05) is 68.3 Å². The Morgan fingerprint density at radius 3 is 2.29 bits per heavy atom. The molecule has 0 aliphatic carbocycles.